The summed E-state index contributed by atoms with van der Waals surface area (Å²) in [5, 5.41) is 7.94. The molecule has 0 aliphatic carbocycles. The van der Waals surface area contributed by atoms with Crippen LogP contribution in [0.15, 0.2) is 29.3 Å². The van der Waals surface area contributed by atoms with Crippen molar-refractivity contribution in [1.82, 2.24) is 9.97 Å². The van der Waals surface area contributed by atoms with Gasteiger partial charge in [-0.25, -0.2) is 15.0 Å². The molecule has 0 saturated heterocycles. The molecule has 0 fully saturated rings. The molecule has 3 N–H and O–H groups in total. The van der Waals surface area contributed by atoms with E-state index in [9.17, 15) is 0 Å². The van der Waals surface area contributed by atoms with Gasteiger partial charge < -0.3 is 11.1 Å². The summed E-state index contributed by atoms with van der Waals surface area (Å²) in [4.78, 5) is 12.2. The first kappa shape index (κ1) is 12.8. The average molecular weight is 229 g/mol. The number of nitrogens with zero attached hydrogens (tertiary/aromatic N) is 3. The van der Waals surface area contributed by atoms with Gasteiger partial charge in [0.15, 0.2) is 11.6 Å². The topological polar surface area (TPSA) is 88.0 Å². The molecule has 2 aromatic rings. The van der Waals surface area contributed by atoms with Crippen molar-refractivity contribution < 1.29 is 0 Å². The van der Waals surface area contributed by atoms with Crippen LogP contribution in [0, 0.1) is 5.41 Å². The van der Waals surface area contributed by atoms with Crippen molar-refractivity contribution >= 4 is 29.3 Å². The van der Waals surface area contributed by atoms with Gasteiger partial charge in [-0.3, -0.25) is 0 Å². The Morgan fingerprint density at radius 1 is 1.24 bits per heavy atom. The quantitative estimate of drug-likeness (QED) is 0.611. The standard InChI is InChI=1S/C10H9N5.C2H6/c11-5-9-14-8-4-2-1-3-7(8)10(15-9)13-6-12;1-2/h1-6,11H,(H2,12,13,14,15);1-2H3. The lowest BCUT2D eigenvalue weighted by atomic mass is 10.2. The fraction of sp³-hybridized carbons (Fsp3) is 0.167. The van der Waals surface area contributed by atoms with Gasteiger partial charge in [0.1, 0.15) is 0 Å². The lowest BCUT2D eigenvalue weighted by Crippen LogP contribution is -1.95. The number of fused-ring (bicyclic) bond motifs is 1. The van der Waals surface area contributed by atoms with Crippen LogP contribution < -0.4 is 5.73 Å². The summed E-state index contributed by atoms with van der Waals surface area (Å²) in [5.41, 5.74) is 5.99. The fourth-order valence-electron chi connectivity index (χ4n) is 1.31. The molecule has 0 aliphatic heterocycles. The maximum Gasteiger partial charge on any atom is 0.172 e. The van der Waals surface area contributed by atoms with E-state index in [1.807, 2.05) is 38.1 Å². The second-order valence-corrected chi connectivity index (χ2v) is 2.85. The minimum absolute atomic E-state index is 0.328. The first-order chi connectivity index (χ1) is 8.35. The smallest absolute Gasteiger partial charge is 0.172 e. The summed E-state index contributed by atoms with van der Waals surface area (Å²) < 4.78 is 0. The first-order valence-corrected chi connectivity index (χ1v) is 5.36. The Kier molecular flexibility index (Phi) is 4.75. The van der Waals surface area contributed by atoms with Crippen LogP contribution in [-0.2, 0) is 0 Å². The van der Waals surface area contributed by atoms with E-state index >= 15 is 0 Å². The van der Waals surface area contributed by atoms with Crippen molar-refractivity contribution in [3.8, 4) is 0 Å². The van der Waals surface area contributed by atoms with Gasteiger partial charge in [-0.1, -0.05) is 26.0 Å². The van der Waals surface area contributed by atoms with Gasteiger partial charge in [-0.05, 0) is 12.1 Å². The summed E-state index contributed by atoms with van der Waals surface area (Å²) in [7, 11) is 0. The van der Waals surface area contributed by atoms with E-state index in [0.29, 0.717) is 11.6 Å². The van der Waals surface area contributed by atoms with Crippen LogP contribution in [0.1, 0.15) is 19.7 Å². The van der Waals surface area contributed by atoms with Crippen molar-refractivity contribution in [2.75, 3.05) is 0 Å². The van der Waals surface area contributed by atoms with E-state index in [0.717, 1.165) is 17.1 Å². The Hall–Kier alpha value is -2.30. The second kappa shape index (κ2) is 6.32. The Bertz CT molecular complexity index is 533. The molecule has 1 heterocycles. The van der Waals surface area contributed by atoms with Crippen molar-refractivity contribution in [3.63, 3.8) is 0 Å². The molecular weight excluding hydrogens is 214 g/mol. The van der Waals surface area contributed by atoms with Gasteiger partial charge in [0.05, 0.1) is 18.1 Å². The largest absolute Gasteiger partial charge is 0.390 e. The Morgan fingerprint density at radius 3 is 2.59 bits per heavy atom. The van der Waals surface area contributed by atoms with E-state index in [-0.39, 0.29) is 0 Å². The lowest BCUT2D eigenvalue weighted by Gasteiger charge is -2.01. The number of aromatic nitrogens is 2. The first-order valence-electron chi connectivity index (χ1n) is 5.36. The highest BCUT2D eigenvalue weighted by Gasteiger charge is 2.03. The number of nitrogens with one attached hydrogen (secondary N) is 1. The molecule has 5 heteroatoms. The lowest BCUT2D eigenvalue weighted by molar-refractivity contribution is 1.17. The summed E-state index contributed by atoms with van der Waals surface area (Å²) in [6.07, 6.45) is 2.27. The van der Waals surface area contributed by atoms with E-state index in [1.54, 1.807) is 0 Å². The summed E-state index contributed by atoms with van der Waals surface area (Å²) in [5.74, 6) is 0.816. The number of para-hydroxylation sites is 1. The van der Waals surface area contributed by atoms with E-state index in [2.05, 4.69) is 15.0 Å². The zero-order valence-electron chi connectivity index (χ0n) is 9.88. The molecule has 2 rings (SSSR count). The number of benzene rings is 1. The number of rotatable bonds is 2. The number of nitrogens with two attached hydrogens (primary N) is 1. The maximum absolute atomic E-state index is 7.11. The van der Waals surface area contributed by atoms with Crippen LogP contribution in [0.4, 0.5) is 5.82 Å². The van der Waals surface area contributed by atoms with Crippen LogP contribution in [0.25, 0.3) is 10.9 Å². The zero-order chi connectivity index (χ0) is 12.7. The van der Waals surface area contributed by atoms with Gasteiger partial charge in [-0.15, -0.1) is 0 Å². The van der Waals surface area contributed by atoms with Gasteiger partial charge >= 0.3 is 0 Å². The Labute approximate surface area is 99.9 Å². The molecular formula is C12H15N5. The van der Waals surface area contributed by atoms with E-state index < -0.39 is 0 Å². The highest BCUT2D eigenvalue weighted by atomic mass is 15.0. The highest BCUT2D eigenvalue weighted by Crippen LogP contribution is 2.21. The van der Waals surface area contributed by atoms with Gasteiger partial charge in [0.25, 0.3) is 0 Å². The molecule has 0 radical (unpaired) electrons. The van der Waals surface area contributed by atoms with Crippen LogP contribution in [0.5, 0.6) is 0 Å². The fourth-order valence-corrected chi connectivity index (χ4v) is 1.31. The van der Waals surface area contributed by atoms with Crippen LogP contribution in [-0.4, -0.2) is 22.5 Å². The molecule has 1 aromatic carbocycles. The third kappa shape index (κ3) is 2.84. The van der Waals surface area contributed by atoms with Crippen molar-refractivity contribution in [3.05, 3.63) is 30.1 Å². The SMILES string of the molecule is CC.N=Cc1nc(N=CN)c2ccccc2n1. The Balaban J connectivity index is 0.000000686. The van der Waals surface area contributed by atoms with Crippen LogP contribution in [0.2, 0.25) is 0 Å². The molecule has 0 amide bonds. The molecule has 0 spiro atoms. The summed E-state index contributed by atoms with van der Waals surface area (Å²) in [6, 6.07) is 7.47. The normalized spacial score (nSPS) is 10.0. The average Bonchev–Trinajstić information content (AvgIpc) is 2.41. The molecule has 88 valence electrons. The number of aliphatic imine (C=N–C) groups is 1. The van der Waals surface area contributed by atoms with E-state index in [1.165, 1.54) is 6.34 Å². The third-order valence-corrected chi connectivity index (χ3v) is 1.93. The number of hydrogen-bond acceptors (Lipinski definition) is 4. The molecule has 1 aromatic heterocycles. The van der Waals surface area contributed by atoms with E-state index in [4.69, 9.17) is 11.1 Å². The highest BCUT2D eigenvalue weighted by molar-refractivity contribution is 5.91. The summed E-state index contributed by atoms with van der Waals surface area (Å²) >= 11 is 0. The predicted octanol–water partition coefficient (Wildman–Crippen LogP) is 2.27. The van der Waals surface area contributed by atoms with Gasteiger partial charge in [0, 0.05) is 5.39 Å². The minimum Gasteiger partial charge on any atom is -0.390 e. The van der Waals surface area contributed by atoms with Crippen LogP contribution in [0.3, 0.4) is 0 Å². The Morgan fingerprint density at radius 2 is 1.94 bits per heavy atom. The zero-order valence-corrected chi connectivity index (χ0v) is 9.88. The van der Waals surface area contributed by atoms with Gasteiger partial charge in [0.2, 0.25) is 0 Å². The second-order valence-electron chi connectivity index (χ2n) is 2.85. The molecule has 0 unspecified atom stereocenters. The third-order valence-electron chi connectivity index (χ3n) is 1.93. The van der Waals surface area contributed by atoms with Gasteiger partial charge in [-0.2, -0.15) is 0 Å². The van der Waals surface area contributed by atoms with Crippen molar-refractivity contribution in [2.45, 2.75) is 13.8 Å². The molecule has 0 atom stereocenters. The molecule has 0 aliphatic rings. The van der Waals surface area contributed by atoms with Crippen molar-refractivity contribution in [1.29, 1.82) is 5.41 Å². The van der Waals surface area contributed by atoms with Crippen molar-refractivity contribution in [2.24, 2.45) is 10.7 Å². The summed E-state index contributed by atoms with van der Waals surface area (Å²) in [6.45, 7) is 4.00. The molecule has 0 saturated carbocycles. The minimum atomic E-state index is 0.328. The van der Waals surface area contributed by atoms with Crippen LogP contribution >= 0.6 is 0 Å². The molecule has 5 nitrogen and oxygen atoms in total. The molecule has 0 bridgehead atoms. The maximum atomic E-state index is 7.11. The predicted molar refractivity (Wildman–Crippen MR) is 71.1 cm³/mol. The number of hydrogen-bond donors (Lipinski definition) is 2. The monoisotopic (exact) mass is 229 g/mol. The molecule has 17 heavy (non-hydrogen) atoms.